The average Bonchev–Trinajstić information content (AvgIpc) is 2.41. The number of amides is 1. The minimum Gasteiger partial charge on any atom is -0.375 e. The van der Waals surface area contributed by atoms with Crippen molar-refractivity contribution in [2.75, 3.05) is 24.7 Å². The Morgan fingerprint density at radius 1 is 1.25 bits per heavy atom. The van der Waals surface area contributed by atoms with Gasteiger partial charge in [-0.05, 0) is 30.5 Å². The van der Waals surface area contributed by atoms with Gasteiger partial charge in [0.1, 0.15) is 0 Å². The van der Waals surface area contributed by atoms with Gasteiger partial charge in [0.15, 0.2) is 9.84 Å². The minimum atomic E-state index is -3.33. The monoisotopic (exact) mass is 298 g/mol. The summed E-state index contributed by atoms with van der Waals surface area (Å²) in [7, 11) is -3.33. The van der Waals surface area contributed by atoms with Crippen LogP contribution in [-0.2, 0) is 21.1 Å². The van der Waals surface area contributed by atoms with E-state index in [1.54, 1.807) is 12.1 Å². The summed E-state index contributed by atoms with van der Waals surface area (Å²) in [6, 6.07) is 5.23. The van der Waals surface area contributed by atoms with Gasteiger partial charge in [-0.3, -0.25) is 4.79 Å². The van der Waals surface area contributed by atoms with E-state index in [-0.39, 0.29) is 17.3 Å². The number of hydrogen-bond donors (Lipinski definition) is 2. The molecule has 0 radical (unpaired) electrons. The number of hydrogen-bond acceptors (Lipinski definition) is 4. The molecule has 1 amide bonds. The van der Waals surface area contributed by atoms with Crippen LogP contribution in [0.5, 0.6) is 0 Å². The van der Waals surface area contributed by atoms with E-state index in [2.05, 4.69) is 10.6 Å². The van der Waals surface area contributed by atoms with Crippen LogP contribution in [0.1, 0.15) is 25.8 Å². The van der Waals surface area contributed by atoms with Crippen LogP contribution >= 0.6 is 0 Å². The molecule has 0 bridgehead atoms. The summed E-state index contributed by atoms with van der Waals surface area (Å²) in [5, 5.41) is 5.62. The molecule has 0 aromatic heterocycles. The van der Waals surface area contributed by atoms with E-state index in [1.807, 2.05) is 19.9 Å². The molecule has 0 aliphatic rings. The fourth-order valence-electron chi connectivity index (χ4n) is 1.74. The Labute approximate surface area is 120 Å². The van der Waals surface area contributed by atoms with Crippen molar-refractivity contribution in [3.8, 4) is 0 Å². The highest BCUT2D eigenvalue weighted by molar-refractivity contribution is 7.90. The quantitative estimate of drug-likeness (QED) is 0.801. The third-order valence-electron chi connectivity index (χ3n) is 2.87. The minimum absolute atomic E-state index is 0.0635. The van der Waals surface area contributed by atoms with E-state index in [0.29, 0.717) is 12.2 Å². The summed E-state index contributed by atoms with van der Waals surface area (Å²) in [5.41, 5.74) is 1.42. The van der Waals surface area contributed by atoms with Gasteiger partial charge in [0.25, 0.3) is 0 Å². The first-order valence-corrected chi connectivity index (χ1v) is 8.61. The highest BCUT2D eigenvalue weighted by atomic mass is 32.2. The van der Waals surface area contributed by atoms with Gasteiger partial charge in [-0.15, -0.1) is 0 Å². The summed E-state index contributed by atoms with van der Waals surface area (Å²) in [6.45, 7) is 4.62. The zero-order valence-corrected chi connectivity index (χ0v) is 13.0. The van der Waals surface area contributed by atoms with Crippen LogP contribution < -0.4 is 10.6 Å². The van der Waals surface area contributed by atoms with Gasteiger partial charge >= 0.3 is 0 Å². The van der Waals surface area contributed by atoms with Crippen LogP contribution in [0.2, 0.25) is 0 Å². The summed E-state index contributed by atoms with van der Waals surface area (Å²) < 4.78 is 23.6. The van der Waals surface area contributed by atoms with Crippen molar-refractivity contribution >= 4 is 21.4 Å². The molecule has 0 aliphatic carbocycles. The SMILES string of the molecule is CCCNC(=O)CNc1ccc(CC)cc1S(C)(=O)=O. The van der Waals surface area contributed by atoms with Gasteiger partial charge in [0.05, 0.1) is 17.1 Å². The third-order valence-corrected chi connectivity index (χ3v) is 4.00. The van der Waals surface area contributed by atoms with Crippen molar-refractivity contribution in [2.24, 2.45) is 0 Å². The van der Waals surface area contributed by atoms with Gasteiger partial charge in [0.2, 0.25) is 5.91 Å². The number of carbonyl (C=O) groups excluding carboxylic acids is 1. The molecular formula is C14H22N2O3S. The van der Waals surface area contributed by atoms with Crippen molar-refractivity contribution in [3.05, 3.63) is 23.8 Å². The van der Waals surface area contributed by atoms with Gasteiger partial charge < -0.3 is 10.6 Å². The molecule has 0 fully saturated rings. The Morgan fingerprint density at radius 2 is 1.95 bits per heavy atom. The molecular weight excluding hydrogens is 276 g/mol. The van der Waals surface area contributed by atoms with Crippen LogP contribution in [0.3, 0.4) is 0 Å². The molecule has 0 unspecified atom stereocenters. The van der Waals surface area contributed by atoms with E-state index >= 15 is 0 Å². The van der Waals surface area contributed by atoms with Gasteiger partial charge in [-0.2, -0.15) is 0 Å². The topological polar surface area (TPSA) is 75.3 Å². The number of nitrogens with one attached hydrogen (secondary N) is 2. The first kappa shape index (κ1) is 16.5. The lowest BCUT2D eigenvalue weighted by Gasteiger charge is -2.12. The van der Waals surface area contributed by atoms with Gasteiger partial charge in [-0.1, -0.05) is 19.9 Å². The van der Waals surface area contributed by atoms with Crippen molar-refractivity contribution in [3.63, 3.8) is 0 Å². The zero-order chi connectivity index (χ0) is 15.2. The molecule has 0 saturated heterocycles. The molecule has 0 spiro atoms. The van der Waals surface area contributed by atoms with Gasteiger partial charge in [0, 0.05) is 12.8 Å². The second kappa shape index (κ2) is 7.28. The molecule has 1 aromatic rings. The third kappa shape index (κ3) is 4.85. The molecule has 1 aromatic carbocycles. The molecule has 0 saturated carbocycles. The molecule has 2 N–H and O–H groups in total. The predicted molar refractivity (Wildman–Crippen MR) is 80.7 cm³/mol. The molecule has 112 valence electrons. The lowest BCUT2D eigenvalue weighted by Crippen LogP contribution is -2.30. The first-order chi connectivity index (χ1) is 9.38. The van der Waals surface area contributed by atoms with Crippen LogP contribution in [0.25, 0.3) is 0 Å². The standard InChI is InChI=1S/C14H22N2O3S/c1-4-8-15-14(17)10-16-12-7-6-11(5-2)9-13(12)20(3,18)19/h6-7,9,16H,4-5,8,10H2,1-3H3,(H,15,17). The van der Waals surface area contributed by atoms with Crippen LogP contribution in [0, 0.1) is 0 Å². The van der Waals surface area contributed by atoms with Crippen molar-refractivity contribution in [1.29, 1.82) is 0 Å². The predicted octanol–water partition coefficient (Wildman–Crippen LogP) is 1.59. The average molecular weight is 298 g/mol. The van der Waals surface area contributed by atoms with Crippen LogP contribution in [-0.4, -0.2) is 33.7 Å². The molecule has 5 nitrogen and oxygen atoms in total. The largest absolute Gasteiger partial charge is 0.375 e. The lowest BCUT2D eigenvalue weighted by atomic mass is 10.1. The summed E-state index contributed by atoms with van der Waals surface area (Å²) in [5.74, 6) is -0.147. The maximum atomic E-state index is 11.8. The molecule has 0 heterocycles. The van der Waals surface area contributed by atoms with E-state index < -0.39 is 9.84 Å². The van der Waals surface area contributed by atoms with Crippen molar-refractivity contribution in [2.45, 2.75) is 31.6 Å². The van der Waals surface area contributed by atoms with Crippen molar-refractivity contribution in [1.82, 2.24) is 5.32 Å². The van der Waals surface area contributed by atoms with E-state index in [0.717, 1.165) is 18.4 Å². The fraction of sp³-hybridized carbons (Fsp3) is 0.500. The molecule has 6 heteroatoms. The smallest absolute Gasteiger partial charge is 0.239 e. The first-order valence-electron chi connectivity index (χ1n) is 6.72. The number of anilines is 1. The molecule has 20 heavy (non-hydrogen) atoms. The summed E-state index contributed by atoms with van der Waals surface area (Å²) in [6.07, 6.45) is 2.80. The lowest BCUT2D eigenvalue weighted by molar-refractivity contribution is -0.119. The fourth-order valence-corrected chi connectivity index (χ4v) is 2.65. The molecule has 0 aliphatic heterocycles. The van der Waals surface area contributed by atoms with Gasteiger partial charge in [-0.25, -0.2) is 8.42 Å². The second-order valence-corrected chi connectivity index (χ2v) is 6.64. The van der Waals surface area contributed by atoms with E-state index in [4.69, 9.17) is 0 Å². The number of benzene rings is 1. The maximum Gasteiger partial charge on any atom is 0.239 e. The Kier molecular flexibility index (Phi) is 6.01. The van der Waals surface area contributed by atoms with E-state index in [1.165, 1.54) is 6.26 Å². The molecule has 0 atom stereocenters. The Balaban J connectivity index is 2.87. The molecule has 1 rings (SSSR count). The Bertz CT molecular complexity index is 568. The highest BCUT2D eigenvalue weighted by Gasteiger charge is 2.14. The Morgan fingerprint density at radius 3 is 2.50 bits per heavy atom. The summed E-state index contributed by atoms with van der Waals surface area (Å²) >= 11 is 0. The van der Waals surface area contributed by atoms with Crippen LogP contribution in [0.4, 0.5) is 5.69 Å². The van der Waals surface area contributed by atoms with Crippen molar-refractivity contribution < 1.29 is 13.2 Å². The number of rotatable bonds is 7. The van der Waals surface area contributed by atoms with E-state index in [9.17, 15) is 13.2 Å². The Hall–Kier alpha value is -1.56. The summed E-state index contributed by atoms with van der Waals surface area (Å²) in [4.78, 5) is 11.8. The highest BCUT2D eigenvalue weighted by Crippen LogP contribution is 2.22. The zero-order valence-electron chi connectivity index (χ0n) is 12.2. The number of sulfone groups is 1. The normalized spacial score (nSPS) is 11.2. The second-order valence-electron chi connectivity index (χ2n) is 4.66. The maximum absolute atomic E-state index is 11.8. The van der Waals surface area contributed by atoms with Crippen LogP contribution in [0.15, 0.2) is 23.1 Å². The number of aryl methyl sites for hydroxylation is 1. The number of carbonyl (C=O) groups is 1.